The van der Waals surface area contributed by atoms with Gasteiger partial charge in [-0.1, -0.05) is 11.2 Å². The molecular weight excluding hydrogens is 524 g/mol. The van der Waals surface area contributed by atoms with E-state index in [1.165, 1.54) is 25.3 Å². The van der Waals surface area contributed by atoms with Crippen molar-refractivity contribution in [1.29, 1.82) is 0 Å². The van der Waals surface area contributed by atoms with Crippen LogP contribution in [0.1, 0.15) is 61.3 Å². The van der Waals surface area contributed by atoms with E-state index in [1.54, 1.807) is 0 Å². The monoisotopic (exact) mass is 547 g/mol. The number of carbonyl (C=O) groups excluding carboxylic acids is 2. The summed E-state index contributed by atoms with van der Waals surface area (Å²) in [7, 11) is 0. The van der Waals surface area contributed by atoms with E-state index in [4.69, 9.17) is 16.0 Å². The fourth-order valence-electron chi connectivity index (χ4n) is 3.26. The summed E-state index contributed by atoms with van der Waals surface area (Å²) in [5, 5.41) is 9.62. The zero-order chi connectivity index (χ0) is 28.8. The zero-order valence-electron chi connectivity index (χ0n) is 20.4. The molecule has 38 heavy (non-hydrogen) atoms. The van der Waals surface area contributed by atoms with Gasteiger partial charge >= 0.3 is 12.4 Å². The number of aromatic nitrogens is 4. The molecule has 0 aliphatic carbocycles. The number of nitrogens with two attached hydrogens (primary N) is 2. The van der Waals surface area contributed by atoms with E-state index in [2.05, 4.69) is 20.6 Å². The molecule has 0 saturated carbocycles. The number of primary amides is 1. The second-order valence-electron chi connectivity index (χ2n) is 9.02. The van der Waals surface area contributed by atoms with Crippen molar-refractivity contribution < 1.29 is 40.5 Å². The Kier molecular flexibility index (Phi) is 7.22. The zero-order valence-corrected chi connectivity index (χ0v) is 20.4. The normalized spacial score (nSPS) is 14.3. The lowest BCUT2D eigenvalue weighted by molar-refractivity contribution is -0.185. The number of hydrogen-bond acceptors (Lipinski definition) is 7. The van der Waals surface area contributed by atoms with Crippen LogP contribution in [0.4, 0.5) is 38.0 Å². The predicted octanol–water partition coefficient (Wildman–Crippen LogP) is 4.32. The van der Waals surface area contributed by atoms with E-state index < -0.39 is 58.7 Å². The predicted molar refractivity (Wildman–Crippen MR) is 122 cm³/mol. The molecule has 3 heterocycles. The lowest BCUT2D eigenvalue weighted by Crippen LogP contribution is -2.35. The molecular formula is C22H23F6N7O3. The standard InChI is InChI=1S/C22H23F6N7O3/c1-9(19(37)32-14-7-13(38-34-14)20(3,4)22(26,27)28)11-5-6-12(31-8-11)16-15(18(30)36)17(29)35(33-16)10(2)21(23,24)25/h5-10H,29H2,1-4H3,(H2,30,36)(H,32,34,37). The van der Waals surface area contributed by atoms with Crippen molar-refractivity contribution in [3.63, 3.8) is 0 Å². The molecule has 16 heteroatoms. The number of nitrogens with one attached hydrogen (secondary N) is 1. The van der Waals surface area contributed by atoms with Gasteiger partial charge in [-0.05, 0) is 39.3 Å². The maximum Gasteiger partial charge on any atom is 0.410 e. The Morgan fingerprint density at radius 2 is 1.74 bits per heavy atom. The topological polar surface area (TPSA) is 155 Å². The summed E-state index contributed by atoms with van der Waals surface area (Å²) in [6.45, 7) is 4.08. The van der Waals surface area contributed by atoms with Crippen molar-refractivity contribution in [3.05, 3.63) is 41.3 Å². The first-order valence-corrected chi connectivity index (χ1v) is 10.9. The minimum atomic E-state index is -4.71. The van der Waals surface area contributed by atoms with Crippen LogP contribution in [0.3, 0.4) is 0 Å². The van der Waals surface area contributed by atoms with Gasteiger partial charge in [-0.25, -0.2) is 4.68 Å². The molecule has 10 nitrogen and oxygen atoms in total. The highest BCUT2D eigenvalue weighted by Gasteiger charge is 2.51. The van der Waals surface area contributed by atoms with Gasteiger partial charge < -0.3 is 21.3 Å². The maximum atomic E-state index is 13.2. The Bertz CT molecular complexity index is 1340. The van der Waals surface area contributed by atoms with Crippen molar-refractivity contribution in [3.8, 4) is 11.4 Å². The number of hydrogen-bond donors (Lipinski definition) is 3. The summed E-state index contributed by atoms with van der Waals surface area (Å²) in [5.74, 6) is -3.98. The van der Waals surface area contributed by atoms with Gasteiger partial charge in [-0.3, -0.25) is 14.6 Å². The van der Waals surface area contributed by atoms with Gasteiger partial charge in [0.2, 0.25) is 5.91 Å². The number of alkyl halides is 6. The van der Waals surface area contributed by atoms with E-state index in [0.29, 0.717) is 10.2 Å². The van der Waals surface area contributed by atoms with Gasteiger partial charge in [0.1, 0.15) is 28.5 Å². The van der Waals surface area contributed by atoms with E-state index >= 15 is 0 Å². The van der Waals surface area contributed by atoms with Gasteiger partial charge in [0.05, 0.1) is 11.6 Å². The summed E-state index contributed by atoms with van der Waals surface area (Å²) >= 11 is 0. The molecule has 0 fully saturated rings. The molecule has 0 aromatic carbocycles. The van der Waals surface area contributed by atoms with Gasteiger partial charge in [0.25, 0.3) is 5.91 Å². The largest absolute Gasteiger partial charge is 0.410 e. The molecule has 0 radical (unpaired) electrons. The number of carbonyl (C=O) groups is 2. The maximum absolute atomic E-state index is 13.2. The first-order chi connectivity index (χ1) is 17.4. The van der Waals surface area contributed by atoms with Crippen LogP contribution in [-0.4, -0.2) is 44.1 Å². The molecule has 0 aliphatic heterocycles. The van der Waals surface area contributed by atoms with Crippen molar-refractivity contribution in [1.82, 2.24) is 19.9 Å². The third kappa shape index (κ3) is 5.28. The smallest absolute Gasteiger partial charge is 0.383 e. The summed E-state index contributed by atoms with van der Waals surface area (Å²) in [5.41, 5.74) is 8.25. The van der Waals surface area contributed by atoms with E-state index in [1.807, 2.05) is 0 Å². The first kappa shape index (κ1) is 28.5. The lowest BCUT2D eigenvalue weighted by atomic mass is 9.89. The second-order valence-corrected chi connectivity index (χ2v) is 9.02. The molecule has 0 saturated heterocycles. The van der Waals surface area contributed by atoms with Gasteiger partial charge in [0.15, 0.2) is 11.6 Å². The Balaban J connectivity index is 1.83. The average molecular weight is 547 g/mol. The van der Waals surface area contributed by atoms with Crippen LogP contribution in [0.2, 0.25) is 0 Å². The molecule has 5 N–H and O–H groups in total. The third-order valence-corrected chi connectivity index (χ3v) is 6.04. The van der Waals surface area contributed by atoms with Crippen LogP contribution in [-0.2, 0) is 10.2 Å². The van der Waals surface area contributed by atoms with Crippen molar-refractivity contribution in [2.75, 3.05) is 11.1 Å². The van der Waals surface area contributed by atoms with E-state index in [9.17, 15) is 35.9 Å². The Morgan fingerprint density at radius 3 is 2.24 bits per heavy atom. The van der Waals surface area contributed by atoms with Crippen molar-refractivity contribution in [2.45, 2.75) is 57.4 Å². The number of nitrogen functional groups attached to an aromatic ring is 1. The van der Waals surface area contributed by atoms with Gasteiger partial charge in [-0.15, -0.1) is 0 Å². The van der Waals surface area contributed by atoms with Crippen LogP contribution in [0.15, 0.2) is 28.9 Å². The molecule has 2 atom stereocenters. The lowest BCUT2D eigenvalue weighted by Gasteiger charge is -2.24. The van der Waals surface area contributed by atoms with Crippen LogP contribution in [0, 0.1) is 0 Å². The van der Waals surface area contributed by atoms with E-state index in [-0.39, 0.29) is 17.2 Å². The Morgan fingerprint density at radius 1 is 1.11 bits per heavy atom. The summed E-state index contributed by atoms with van der Waals surface area (Å²) in [4.78, 5) is 28.6. The SMILES string of the molecule is CC(C(=O)Nc1cc(C(C)(C)C(F)(F)F)on1)c1ccc(-c2nn(C(C)C(F)(F)F)c(N)c2C(N)=O)nc1. The highest BCUT2D eigenvalue weighted by atomic mass is 19.4. The fourth-order valence-corrected chi connectivity index (χ4v) is 3.26. The molecule has 0 aliphatic rings. The van der Waals surface area contributed by atoms with Gasteiger partial charge in [-0.2, -0.15) is 31.4 Å². The molecule has 0 bridgehead atoms. The third-order valence-electron chi connectivity index (χ3n) is 6.04. The molecule has 3 aromatic rings. The van der Waals surface area contributed by atoms with Crippen LogP contribution >= 0.6 is 0 Å². The van der Waals surface area contributed by atoms with Crippen LogP contribution < -0.4 is 16.8 Å². The molecule has 0 spiro atoms. The Hall–Kier alpha value is -4.11. The minimum absolute atomic E-state index is 0.0366. The highest BCUT2D eigenvalue weighted by Crippen LogP contribution is 2.41. The quantitative estimate of drug-likeness (QED) is 0.372. The van der Waals surface area contributed by atoms with Gasteiger partial charge in [0, 0.05) is 12.3 Å². The number of pyridine rings is 1. The number of rotatable bonds is 7. The van der Waals surface area contributed by atoms with Crippen LogP contribution in [0.5, 0.6) is 0 Å². The number of nitrogens with zero attached hydrogens (tertiary/aromatic N) is 4. The summed E-state index contributed by atoms with van der Waals surface area (Å²) < 4.78 is 84.4. The number of anilines is 2. The molecule has 2 unspecified atom stereocenters. The van der Waals surface area contributed by atoms with Crippen molar-refractivity contribution in [2.24, 2.45) is 5.73 Å². The van der Waals surface area contributed by atoms with Crippen LogP contribution in [0.25, 0.3) is 11.4 Å². The number of halogens is 6. The number of amides is 2. The fraction of sp³-hybridized carbons (Fsp3) is 0.409. The van der Waals surface area contributed by atoms with E-state index in [0.717, 1.165) is 26.8 Å². The van der Waals surface area contributed by atoms with Crippen molar-refractivity contribution >= 4 is 23.5 Å². The summed E-state index contributed by atoms with van der Waals surface area (Å²) in [6.07, 6.45) is -8.11. The molecule has 3 rings (SSSR count). The Labute approximate surface area is 211 Å². The molecule has 3 aromatic heterocycles. The first-order valence-electron chi connectivity index (χ1n) is 10.9. The molecule has 206 valence electrons. The average Bonchev–Trinajstić information content (AvgIpc) is 3.41. The highest BCUT2D eigenvalue weighted by molar-refractivity contribution is 6.03. The molecule has 2 amide bonds. The minimum Gasteiger partial charge on any atom is -0.383 e. The second kappa shape index (κ2) is 9.64. The summed E-state index contributed by atoms with van der Waals surface area (Å²) in [6, 6.07) is 1.51.